The fourth-order valence-corrected chi connectivity index (χ4v) is 4.73. The van der Waals surface area contributed by atoms with Crippen LogP contribution in [0.2, 0.25) is 0 Å². The van der Waals surface area contributed by atoms with Gasteiger partial charge in [0.1, 0.15) is 9.96 Å². The molecule has 0 unspecified atom stereocenters. The Balaban J connectivity index is 2.47. The molecule has 0 bridgehead atoms. The lowest BCUT2D eigenvalue weighted by Gasteiger charge is -2.12. The van der Waals surface area contributed by atoms with Gasteiger partial charge in [0.15, 0.2) is 0 Å². The molecule has 0 amide bonds. The Hall–Kier alpha value is -2.06. The standard InChI is InChI=1S/C14H15NO5S2/c1-8-6-9(2)21-14(8)22(18,19)15-11-7-10(13(16)17)4-5-12(11)20-3/h4-7,15H,1-3H3,(H,16,17). The van der Waals surface area contributed by atoms with Crippen LogP contribution in [0.3, 0.4) is 0 Å². The van der Waals surface area contributed by atoms with Crippen LogP contribution in [-0.2, 0) is 10.0 Å². The molecular formula is C14H15NO5S2. The molecule has 0 saturated heterocycles. The van der Waals surface area contributed by atoms with Crippen LogP contribution in [0.25, 0.3) is 0 Å². The van der Waals surface area contributed by atoms with E-state index in [-0.39, 0.29) is 21.2 Å². The second-order valence-corrected chi connectivity index (χ2v) is 7.79. The summed E-state index contributed by atoms with van der Waals surface area (Å²) in [5, 5.41) is 9.02. The van der Waals surface area contributed by atoms with E-state index in [4.69, 9.17) is 9.84 Å². The van der Waals surface area contributed by atoms with Crippen molar-refractivity contribution in [3.63, 3.8) is 0 Å². The van der Waals surface area contributed by atoms with Gasteiger partial charge in [-0.15, -0.1) is 11.3 Å². The largest absolute Gasteiger partial charge is 0.495 e. The first-order valence-electron chi connectivity index (χ1n) is 6.26. The van der Waals surface area contributed by atoms with Crippen LogP contribution in [0.5, 0.6) is 5.75 Å². The maximum atomic E-state index is 12.5. The van der Waals surface area contributed by atoms with Crippen LogP contribution in [0.4, 0.5) is 5.69 Å². The number of aromatic carboxylic acids is 1. The van der Waals surface area contributed by atoms with Crippen LogP contribution in [0.15, 0.2) is 28.5 Å². The van der Waals surface area contributed by atoms with Crippen LogP contribution >= 0.6 is 11.3 Å². The number of carboxylic acid groups (broad SMARTS) is 1. The molecule has 22 heavy (non-hydrogen) atoms. The van der Waals surface area contributed by atoms with Gasteiger partial charge in [-0.2, -0.15) is 0 Å². The maximum Gasteiger partial charge on any atom is 0.335 e. The lowest BCUT2D eigenvalue weighted by molar-refractivity contribution is 0.0697. The number of nitrogens with one attached hydrogen (secondary N) is 1. The number of methoxy groups -OCH3 is 1. The average molecular weight is 341 g/mol. The molecule has 2 rings (SSSR count). The first-order chi connectivity index (χ1) is 10.2. The molecule has 2 N–H and O–H groups in total. The van der Waals surface area contributed by atoms with Crippen molar-refractivity contribution in [3.8, 4) is 5.75 Å². The van der Waals surface area contributed by atoms with E-state index in [0.29, 0.717) is 5.56 Å². The van der Waals surface area contributed by atoms with Gasteiger partial charge in [-0.25, -0.2) is 13.2 Å². The number of hydrogen-bond acceptors (Lipinski definition) is 5. The number of benzene rings is 1. The highest BCUT2D eigenvalue weighted by Crippen LogP contribution is 2.31. The van der Waals surface area contributed by atoms with Gasteiger partial charge < -0.3 is 9.84 Å². The molecule has 0 fully saturated rings. The monoisotopic (exact) mass is 341 g/mol. The van der Waals surface area contributed by atoms with Gasteiger partial charge in [0.05, 0.1) is 18.4 Å². The Morgan fingerprint density at radius 3 is 2.45 bits per heavy atom. The zero-order valence-corrected chi connectivity index (χ0v) is 13.8. The number of carbonyl (C=O) groups is 1. The molecule has 6 nitrogen and oxygen atoms in total. The smallest absolute Gasteiger partial charge is 0.335 e. The van der Waals surface area contributed by atoms with Gasteiger partial charge in [0.25, 0.3) is 10.0 Å². The summed E-state index contributed by atoms with van der Waals surface area (Å²) in [7, 11) is -2.42. The summed E-state index contributed by atoms with van der Waals surface area (Å²) < 4.78 is 32.6. The molecule has 118 valence electrons. The number of aryl methyl sites for hydroxylation is 2. The van der Waals surface area contributed by atoms with Crippen molar-refractivity contribution in [1.82, 2.24) is 0 Å². The zero-order chi connectivity index (χ0) is 16.5. The Labute approximate surface area is 132 Å². The predicted octanol–water partition coefficient (Wildman–Crippen LogP) is 2.87. The number of rotatable bonds is 5. The van der Waals surface area contributed by atoms with E-state index in [0.717, 1.165) is 16.2 Å². The molecule has 0 aliphatic rings. The number of anilines is 1. The van der Waals surface area contributed by atoms with Crippen molar-refractivity contribution < 1.29 is 23.1 Å². The van der Waals surface area contributed by atoms with Crippen molar-refractivity contribution >= 4 is 33.0 Å². The third-order valence-electron chi connectivity index (χ3n) is 2.93. The van der Waals surface area contributed by atoms with Crippen molar-refractivity contribution in [2.24, 2.45) is 0 Å². The fraction of sp³-hybridized carbons (Fsp3) is 0.214. The number of sulfonamides is 1. The van der Waals surface area contributed by atoms with Gasteiger partial charge in [0, 0.05) is 4.88 Å². The summed E-state index contributed by atoms with van der Waals surface area (Å²) in [6.07, 6.45) is 0. The third-order valence-corrected chi connectivity index (χ3v) is 6.08. The molecule has 1 aromatic heterocycles. The molecular weight excluding hydrogens is 326 g/mol. The van der Waals surface area contributed by atoms with Gasteiger partial charge in [-0.05, 0) is 43.7 Å². The van der Waals surface area contributed by atoms with Crippen LogP contribution in [0, 0.1) is 13.8 Å². The topological polar surface area (TPSA) is 92.7 Å². The SMILES string of the molecule is COc1ccc(C(=O)O)cc1NS(=O)(=O)c1sc(C)cc1C. The van der Waals surface area contributed by atoms with E-state index in [1.54, 1.807) is 13.0 Å². The second kappa shape index (κ2) is 5.98. The minimum Gasteiger partial charge on any atom is -0.495 e. The Morgan fingerprint density at radius 1 is 1.27 bits per heavy atom. The number of hydrogen-bond donors (Lipinski definition) is 2. The second-order valence-electron chi connectivity index (χ2n) is 4.65. The molecule has 1 aromatic carbocycles. The number of ether oxygens (including phenoxy) is 1. The van der Waals surface area contributed by atoms with E-state index in [2.05, 4.69) is 4.72 Å². The van der Waals surface area contributed by atoms with Gasteiger partial charge in [-0.3, -0.25) is 4.72 Å². The molecule has 0 atom stereocenters. The average Bonchev–Trinajstić information content (AvgIpc) is 2.78. The molecule has 0 aliphatic carbocycles. The fourth-order valence-electron chi connectivity index (χ4n) is 2.00. The first kappa shape index (κ1) is 16.3. The van der Waals surface area contributed by atoms with Gasteiger partial charge >= 0.3 is 5.97 Å². The third kappa shape index (κ3) is 3.23. The van der Waals surface area contributed by atoms with Gasteiger partial charge in [-0.1, -0.05) is 0 Å². The molecule has 0 spiro atoms. The highest BCUT2D eigenvalue weighted by atomic mass is 32.2. The molecule has 8 heteroatoms. The summed E-state index contributed by atoms with van der Waals surface area (Å²) in [5.74, 6) is -0.897. The molecule has 0 saturated carbocycles. The quantitative estimate of drug-likeness (QED) is 0.872. The predicted molar refractivity (Wildman–Crippen MR) is 84.6 cm³/mol. The maximum absolute atomic E-state index is 12.5. The highest BCUT2D eigenvalue weighted by molar-refractivity contribution is 7.94. The lowest BCUT2D eigenvalue weighted by atomic mass is 10.2. The van der Waals surface area contributed by atoms with Crippen molar-refractivity contribution in [1.29, 1.82) is 0 Å². The summed E-state index contributed by atoms with van der Waals surface area (Å²) in [5.41, 5.74) is 0.703. The molecule has 1 heterocycles. The van der Waals surface area contributed by atoms with Crippen LogP contribution in [0.1, 0.15) is 20.8 Å². The van der Waals surface area contributed by atoms with E-state index in [9.17, 15) is 13.2 Å². The van der Waals surface area contributed by atoms with Crippen molar-refractivity contribution in [2.75, 3.05) is 11.8 Å². The summed E-state index contributed by atoms with van der Waals surface area (Å²) in [4.78, 5) is 11.9. The Morgan fingerprint density at radius 2 is 1.95 bits per heavy atom. The summed E-state index contributed by atoms with van der Waals surface area (Å²) in [6.45, 7) is 3.53. The van der Waals surface area contributed by atoms with Crippen molar-refractivity contribution in [3.05, 3.63) is 40.3 Å². The molecule has 0 radical (unpaired) electrons. The minimum atomic E-state index is -3.80. The van der Waals surface area contributed by atoms with Crippen molar-refractivity contribution in [2.45, 2.75) is 18.1 Å². The van der Waals surface area contributed by atoms with E-state index < -0.39 is 16.0 Å². The Bertz CT molecular complexity index is 824. The summed E-state index contributed by atoms with van der Waals surface area (Å²) >= 11 is 1.16. The number of thiophene rings is 1. The lowest BCUT2D eigenvalue weighted by Crippen LogP contribution is -2.14. The van der Waals surface area contributed by atoms with Crippen LogP contribution < -0.4 is 9.46 Å². The van der Waals surface area contributed by atoms with E-state index in [1.165, 1.54) is 25.3 Å². The minimum absolute atomic E-state index is 0.0300. The normalized spacial score (nSPS) is 11.2. The van der Waals surface area contributed by atoms with E-state index >= 15 is 0 Å². The zero-order valence-electron chi connectivity index (χ0n) is 12.2. The molecule has 2 aromatic rings. The molecule has 0 aliphatic heterocycles. The van der Waals surface area contributed by atoms with Gasteiger partial charge in [0.2, 0.25) is 0 Å². The first-order valence-corrected chi connectivity index (χ1v) is 8.55. The van der Waals surface area contributed by atoms with E-state index in [1.807, 2.05) is 6.92 Å². The summed E-state index contributed by atoms with van der Waals surface area (Å²) in [6, 6.07) is 5.77. The highest BCUT2D eigenvalue weighted by Gasteiger charge is 2.22. The Kier molecular flexibility index (Phi) is 4.43. The number of carboxylic acids is 1. The van der Waals surface area contributed by atoms with Crippen LogP contribution in [-0.4, -0.2) is 26.6 Å².